The molecule has 6 nitrogen and oxygen atoms in total. The lowest BCUT2D eigenvalue weighted by Crippen LogP contribution is -2.45. The van der Waals surface area contributed by atoms with Crippen molar-refractivity contribution in [2.75, 3.05) is 13.2 Å². The number of carbonyl (C=O) groups is 1. The zero-order valence-corrected chi connectivity index (χ0v) is 14.6. The molecular weight excluding hydrogens is 318 g/mol. The number of rotatable bonds is 5. The molecule has 2 aliphatic heterocycles. The van der Waals surface area contributed by atoms with Crippen molar-refractivity contribution in [3.8, 4) is 5.75 Å². The Hall–Kier alpha value is -1.63. The van der Waals surface area contributed by atoms with Gasteiger partial charge in [0.15, 0.2) is 0 Å². The molecule has 0 aromatic heterocycles. The van der Waals surface area contributed by atoms with E-state index in [4.69, 9.17) is 4.74 Å². The van der Waals surface area contributed by atoms with Crippen molar-refractivity contribution in [1.29, 1.82) is 0 Å². The fourth-order valence-corrected chi connectivity index (χ4v) is 4.24. The van der Waals surface area contributed by atoms with E-state index in [0.717, 1.165) is 43.6 Å². The number of nitrogens with one attached hydrogen (secondary N) is 3. The van der Waals surface area contributed by atoms with Crippen molar-refractivity contribution in [3.63, 3.8) is 0 Å². The summed E-state index contributed by atoms with van der Waals surface area (Å²) in [6.07, 6.45) is 3.09. The lowest BCUT2D eigenvalue weighted by atomic mass is 9.74. The van der Waals surface area contributed by atoms with Gasteiger partial charge in [0.05, 0.1) is 24.7 Å². The maximum Gasteiger partial charge on any atom is 0.226 e. The Kier molecular flexibility index (Phi) is 4.67. The molecule has 0 spiro atoms. The van der Waals surface area contributed by atoms with Gasteiger partial charge in [0, 0.05) is 19.0 Å². The van der Waals surface area contributed by atoms with Gasteiger partial charge in [-0.1, -0.05) is 13.0 Å². The van der Waals surface area contributed by atoms with Crippen LogP contribution in [0.25, 0.3) is 0 Å². The number of benzene rings is 1. The van der Waals surface area contributed by atoms with E-state index in [1.54, 1.807) is 0 Å². The molecule has 3 unspecified atom stereocenters. The fourth-order valence-electron chi connectivity index (χ4n) is 4.24. The molecule has 3 aliphatic rings. The van der Waals surface area contributed by atoms with Crippen LogP contribution in [0.2, 0.25) is 0 Å². The summed E-state index contributed by atoms with van der Waals surface area (Å²) in [5, 5.41) is 13.0. The largest absolute Gasteiger partial charge is 0.493 e. The third kappa shape index (κ3) is 3.26. The third-order valence-corrected chi connectivity index (χ3v) is 5.86. The van der Waals surface area contributed by atoms with Crippen molar-refractivity contribution in [2.45, 2.75) is 50.8 Å². The molecule has 0 radical (unpaired) electrons. The van der Waals surface area contributed by atoms with E-state index in [1.165, 1.54) is 5.56 Å². The Labute approximate surface area is 148 Å². The van der Waals surface area contributed by atoms with Gasteiger partial charge in [-0.25, -0.2) is 0 Å². The second kappa shape index (κ2) is 6.94. The average Bonchev–Trinajstić information content (AvgIpc) is 3.24. The summed E-state index contributed by atoms with van der Waals surface area (Å²) < 4.78 is 5.60. The first kappa shape index (κ1) is 16.8. The summed E-state index contributed by atoms with van der Waals surface area (Å²) in [6, 6.07) is 6.36. The molecule has 0 bridgehead atoms. The summed E-state index contributed by atoms with van der Waals surface area (Å²) in [7, 11) is 0. The molecule has 2 fully saturated rings. The van der Waals surface area contributed by atoms with E-state index < -0.39 is 0 Å². The number of carbonyl (C=O) groups excluding carboxylic acids is 1. The molecule has 6 heteroatoms. The molecular formula is C19H27N3O3. The summed E-state index contributed by atoms with van der Waals surface area (Å²) in [6.45, 7) is 3.48. The molecule has 4 N–H and O–H groups in total. The van der Waals surface area contributed by atoms with Crippen molar-refractivity contribution >= 4 is 5.91 Å². The molecule has 1 saturated carbocycles. The predicted molar refractivity (Wildman–Crippen MR) is 94.0 cm³/mol. The highest BCUT2D eigenvalue weighted by molar-refractivity contribution is 5.80. The van der Waals surface area contributed by atoms with Crippen molar-refractivity contribution in [1.82, 2.24) is 16.2 Å². The fraction of sp³-hybridized carbons (Fsp3) is 0.632. The van der Waals surface area contributed by atoms with Gasteiger partial charge in [0.25, 0.3) is 0 Å². The lowest BCUT2D eigenvalue weighted by Gasteiger charge is -2.39. The number of hydrogen-bond donors (Lipinski definition) is 4. The van der Waals surface area contributed by atoms with Gasteiger partial charge in [-0.2, -0.15) is 0 Å². The van der Waals surface area contributed by atoms with Crippen LogP contribution in [0.3, 0.4) is 0 Å². The van der Waals surface area contributed by atoms with E-state index in [0.29, 0.717) is 12.5 Å². The smallest absolute Gasteiger partial charge is 0.226 e. The quantitative estimate of drug-likeness (QED) is 0.641. The number of hydrogen-bond acceptors (Lipinski definition) is 5. The minimum absolute atomic E-state index is 0.0418. The van der Waals surface area contributed by atoms with Crippen molar-refractivity contribution in [2.24, 2.45) is 11.8 Å². The van der Waals surface area contributed by atoms with Gasteiger partial charge in [0.2, 0.25) is 5.91 Å². The number of hydrazine groups is 1. The van der Waals surface area contributed by atoms with Gasteiger partial charge >= 0.3 is 0 Å². The van der Waals surface area contributed by atoms with Gasteiger partial charge in [0.1, 0.15) is 5.75 Å². The molecule has 1 aliphatic carbocycles. The maximum atomic E-state index is 12.9. The maximum absolute atomic E-state index is 12.9. The number of aliphatic hydroxyl groups excluding tert-OH is 1. The second-order valence-corrected chi connectivity index (χ2v) is 7.48. The van der Waals surface area contributed by atoms with Crippen LogP contribution in [0.4, 0.5) is 0 Å². The molecule has 25 heavy (non-hydrogen) atoms. The Balaban J connectivity index is 1.53. The number of aliphatic hydroxyl groups is 1. The lowest BCUT2D eigenvalue weighted by molar-refractivity contribution is -0.126. The Morgan fingerprint density at radius 3 is 3.04 bits per heavy atom. The van der Waals surface area contributed by atoms with Crippen LogP contribution in [-0.2, 0) is 11.2 Å². The molecule has 1 saturated heterocycles. The molecule has 136 valence electrons. The highest BCUT2D eigenvalue weighted by Crippen LogP contribution is 2.40. The van der Waals surface area contributed by atoms with Crippen LogP contribution >= 0.6 is 0 Å². The van der Waals surface area contributed by atoms with E-state index in [9.17, 15) is 9.90 Å². The Morgan fingerprint density at radius 1 is 1.44 bits per heavy atom. The first-order valence-electron chi connectivity index (χ1n) is 9.38. The van der Waals surface area contributed by atoms with Crippen LogP contribution in [0.1, 0.15) is 43.4 Å². The van der Waals surface area contributed by atoms with E-state index in [-0.39, 0.29) is 30.0 Å². The van der Waals surface area contributed by atoms with Crippen LogP contribution in [0.15, 0.2) is 18.2 Å². The third-order valence-electron chi connectivity index (χ3n) is 5.86. The summed E-state index contributed by atoms with van der Waals surface area (Å²) in [4.78, 5) is 12.9. The molecule has 1 aromatic carbocycles. The van der Waals surface area contributed by atoms with Gasteiger partial charge in [-0.05, 0) is 48.4 Å². The van der Waals surface area contributed by atoms with Gasteiger partial charge in [-0.3, -0.25) is 15.6 Å². The molecule has 1 aromatic rings. The van der Waals surface area contributed by atoms with E-state index in [1.807, 2.05) is 6.07 Å². The molecule has 1 amide bonds. The zero-order chi connectivity index (χ0) is 17.4. The molecule has 4 rings (SSSR count). The van der Waals surface area contributed by atoms with Crippen LogP contribution in [0.5, 0.6) is 5.75 Å². The summed E-state index contributed by atoms with van der Waals surface area (Å²) >= 11 is 0. The monoisotopic (exact) mass is 345 g/mol. The number of fused-ring (bicyclic) bond motifs is 1. The van der Waals surface area contributed by atoms with Crippen LogP contribution in [0, 0.1) is 11.8 Å². The minimum Gasteiger partial charge on any atom is -0.493 e. The topological polar surface area (TPSA) is 82.6 Å². The normalized spacial score (nSPS) is 31.8. The highest BCUT2D eigenvalue weighted by Gasteiger charge is 2.39. The number of ether oxygens (including phenoxy) is 1. The van der Waals surface area contributed by atoms with Gasteiger partial charge < -0.3 is 15.2 Å². The first-order valence-corrected chi connectivity index (χ1v) is 9.38. The summed E-state index contributed by atoms with van der Waals surface area (Å²) in [5.41, 5.74) is 8.62. The van der Waals surface area contributed by atoms with Crippen LogP contribution < -0.4 is 20.9 Å². The molecule has 3 atom stereocenters. The Bertz CT molecular complexity index is 645. The number of amides is 1. The minimum atomic E-state index is -0.236. The standard InChI is InChI=1S/C19H27N3O3/c1-2-16-15(10-20-22-16)19(24)21-18(13-8-14(23)9-13)12-3-4-17-11(7-12)5-6-25-17/h3-4,7,13-16,18,20,22-23H,2,5-6,8-10H2,1H3,(H,21,24). The van der Waals surface area contributed by atoms with E-state index >= 15 is 0 Å². The molecule has 2 heterocycles. The Morgan fingerprint density at radius 2 is 2.28 bits per heavy atom. The van der Waals surface area contributed by atoms with Crippen molar-refractivity contribution < 1.29 is 14.6 Å². The highest BCUT2D eigenvalue weighted by atomic mass is 16.5. The summed E-state index contributed by atoms with van der Waals surface area (Å²) in [5.74, 6) is 1.28. The van der Waals surface area contributed by atoms with Crippen molar-refractivity contribution in [3.05, 3.63) is 29.3 Å². The second-order valence-electron chi connectivity index (χ2n) is 7.48. The SMILES string of the molecule is CCC1NNCC1C(=O)NC(c1ccc2c(c1)CCO2)C1CC(O)C1. The first-order chi connectivity index (χ1) is 12.2. The van der Waals surface area contributed by atoms with Crippen LogP contribution in [-0.4, -0.2) is 36.3 Å². The van der Waals surface area contributed by atoms with E-state index in [2.05, 4.69) is 35.2 Å². The van der Waals surface area contributed by atoms with Gasteiger partial charge in [-0.15, -0.1) is 0 Å². The predicted octanol–water partition coefficient (Wildman–Crippen LogP) is 1.05. The zero-order valence-electron chi connectivity index (χ0n) is 14.6. The average molecular weight is 345 g/mol.